The molecule has 17 heavy (non-hydrogen) atoms. The van der Waals surface area contributed by atoms with Gasteiger partial charge in [-0.3, -0.25) is 4.79 Å². The molecule has 1 aromatic rings. The maximum atomic E-state index is 11.7. The number of thiazole rings is 1. The fourth-order valence-corrected chi connectivity index (χ4v) is 3.87. The number of aryl methyl sites for hydroxylation is 1. The van der Waals surface area contributed by atoms with E-state index < -0.39 is 0 Å². The number of hydrogen-bond donors (Lipinski definition) is 0. The van der Waals surface area contributed by atoms with Crippen LogP contribution in [0.1, 0.15) is 55.1 Å². The molecule has 1 aliphatic carbocycles. The van der Waals surface area contributed by atoms with E-state index in [1.165, 1.54) is 19.3 Å². The predicted molar refractivity (Wildman–Crippen MR) is 66.1 cm³/mol. The lowest BCUT2D eigenvalue weighted by Crippen LogP contribution is -2.36. The highest BCUT2D eigenvalue weighted by atomic mass is 32.1. The molecule has 1 saturated carbocycles. The third-order valence-electron chi connectivity index (χ3n) is 4.02. The lowest BCUT2D eigenvalue weighted by Gasteiger charge is -2.36. The minimum Gasteiger partial charge on any atom is -0.458 e. The molecule has 0 N–H and O–H groups in total. The van der Waals surface area contributed by atoms with Crippen molar-refractivity contribution in [3.8, 4) is 0 Å². The van der Waals surface area contributed by atoms with Crippen molar-refractivity contribution in [2.45, 2.75) is 57.0 Å². The van der Waals surface area contributed by atoms with Crippen molar-refractivity contribution in [1.29, 1.82) is 0 Å². The summed E-state index contributed by atoms with van der Waals surface area (Å²) >= 11 is 1.66. The van der Waals surface area contributed by atoms with Crippen LogP contribution in [0, 0.1) is 6.92 Å². The Hall–Kier alpha value is -0.900. The van der Waals surface area contributed by atoms with Gasteiger partial charge in [-0.15, -0.1) is 11.3 Å². The highest BCUT2D eigenvalue weighted by Crippen LogP contribution is 2.49. The van der Waals surface area contributed by atoms with Crippen molar-refractivity contribution in [2.24, 2.45) is 0 Å². The molecule has 2 fully saturated rings. The molecule has 0 unspecified atom stereocenters. The van der Waals surface area contributed by atoms with Gasteiger partial charge in [0.2, 0.25) is 0 Å². The van der Waals surface area contributed by atoms with Gasteiger partial charge in [-0.05, 0) is 32.6 Å². The Morgan fingerprint density at radius 3 is 2.82 bits per heavy atom. The largest absolute Gasteiger partial charge is 0.458 e. The maximum absolute atomic E-state index is 11.7. The van der Waals surface area contributed by atoms with Gasteiger partial charge < -0.3 is 4.74 Å². The SMILES string of the molecule is Cc1nc([C@@H]2CC(=O)OC23CCCCC3)cs1. The second-order valence-corrected chi connectivity index (χ2v) is 6.21. The second-order valence-electron chi connectivity index (χ2n) is 5.15. The normalized spacial score (nSPS) is 27.4. The zero-order chi connectivity index (χ0) is 11.9. The lowest BCUT2D eigenvalue weighted by molar-refractivity contribution is -0.151. The Balaban J connectivity index is 1.93. The van der Waals surface area contributed by atoms with Gasteiger partial charge in [-0.1, -0.05) is 6.42 Å². The molecule has 0 aromatic carbocycles. The number of ether oxygens (including phenoxy) is 1. The van der Waals surface area contributed by atoms with Crippen molar-refractivity contribution < 1.29 is 9.53 Å². The van der Waals surface area contributed by atoms with Crippen LogP contribution in [0.25, 0.3) is 0 Å². The Morgan fingerprint density at radius 2 is 2.18 bits per heavy atom. The van der Waals surface area contributed by atoms with Crippen molar-refractivity contribution in [3.63, 3.8) is 0 Å². The Morgan fingerprint density at radius 1 is 1.41 bits per heavy atom. The van der Waals surface area contributed by atoms with Crippen LogP contribution in [0.4, 0.5) is 0 Å². The third kappa shape index (κ3) is 1.88. The number of nitrogens with zero attached hydrogens (tertiary/aromatic N) is 1. The molecule has 1 aliphatic heterocycles. The molecule has 1 saturated heterocycles. The van der Waals surface area contributed by atoms with Gasteiger partial charge in [0.1, 0.15) is 5.60 Å². The van der Waals surface area contributed by atoms with E-state index in [2.05, 4.69) is 10.4 Å². The Bertz CT molecular complexity index is 434. The maximum Gasteiger partial charge on any atom is 0.307 e. The Kier molecular flexibility index (Phi) is 2.69. The summed E-state index contributed by atoms with van der Waals surface area (Å²) in [6.45, 7) is 2.01. The molecule has 1 atom stereocenters. The summed E-state index contributed by atoms with van der Waals surface area (Å²) in [5, 5.41) is 3.17. The summed E-state index contributed by atoms with van der Waals surface area (Å²) in [5.74, 6) is 0.155. The van der Waals surface area contributed by atoms with E-state index in [9.17, 15) is 4.79 Å². The van der Waals surface area contributed by atoms with Gasteiger partial charge in [0.25, 0.3) is 0 Å². The fraction of sp³-hybridized carbons (Fsp3) is 0.692. The average molecular weight is 251 g/mol. The van der Waals surface area contributed by atoms with E-state index in [4.69, 9.17) is 4.74 Å². The molecule has 0 radical (unpaired) electrons. The lowest BCUT2D eigenvalue weighted by atomic mass is 9.75. The molecule has 3 nitrogen and oxygen atoms in total. The average Bonchev–Trinajstić information content (AvgIpc) is 2.85. The second kappa shape index (κ2) is 4.09. The number of aromatic nitrogens is 1. The number of esters is 1. The summed E-state index contributed by atoms with van der Waals surface area (Å²) < 4.78 is 5.69. The number of hydrogen-bond acceptors (Lipinski definition) is 4. The zero-order valence-corrected chi connectivity index (χ0v) is 10.9. The van der Waals surface area contributed by atoms with Crippen LogP contribution in [0.2, 0.25) is 0 Å². The van der Waals surface area contributed by atoms with Crippen molar-refractivity contribution in [2.75, 3.05) is 0 Å². The van der Waals surface area contributed by atoms with Gasteiger partial charge in [-0.2, -0.15) is 0 Å². The first-order chi connectivity index (χ1) is 8.20. The zero-order valence-electron chi connectivity index (χ0n) is 10.1. The third-order valence-corrected chi connectivity index (χ3v) is 4.81. The first kappa shape index (κ1) is 11.2. The summed E-state index contributed by atoms with van der Waals surface area (Å²) in [6.07, 6.45) is 6.16. The molecule has 2 heterocycles. The van der Waals surface area contributed by atoms with E-state index in [-0.39, 0.29) is 17.5 Å². The number of carbonyl (C=O) groups excluding carboxylic acids is 1. The quantitative estimate of drug-likeness (QED) is 0.720. The van der Waals surface area contributed by atoms with Crippen LogP contribution in [0.3, 0.4) is 0 Å². The van der Waals surface area contributed by atoms with Gasteiger partial charge >= 0.3 is 5.97 Å². The molecular weight excluding hydrogens is 234 g/mol. The molecule has 0 amide bonds. The fourth-order valence-electron chi connectivity index (χ4n) is 3.21. The molecule has 3 rings (SSSR count). The molecule has 1 aromatic heterocycles. The predicted octanol–water partition coefficient (Wildman–Crippen LogP) is 3.18. The summed E-state index contributed by atoms with van der Waals surface area (Å²) in [4.78, 5) is 16.2. The number of carbonyl (C=O) groups is 1. The summed E-state index contributed by atoms with van der Waals surface area (Å²) in [7, 11) is 0. The van der Waals surface area contributed by atoms with Crippen LogP contribution in [-0.2, 0) is 9.53 Å². The van der Waals surface area contributed by atoms with E-state index in [1.54, 1.807) is 11.3 Å². The minimum absolute atomic E-state index is 0.0393. The van der Waals surface area contributed by atoms with Crippen LogP contribution < -0.4 is 0 Å². The van der Waals surface area contributed by atoms with Gasteiger partial charge in [-0.25, -0.2) is 4.98 Å². The molecule has 0 bridgehead atoms. The molecule has 4 heteroatoms. The molecule has 2 aliphatic rings. The van der Waals surface area contributed by atoms with Crippen LogP contribution >= 0.6 is 11.3 Å². The van der Waals surface area contributed by atoms with Crippen LogP contribution in [0.5, 0.6) is 0 Å². The van der Waals surface area contributed by atoms with Gasteiger partial charge in [0.15, 0.2) is 0 Å². The van der Waals surface area contributed by atoms with E-state index in [0.29, 0.717) is 6.42 Å². The highest BCUT2D eigenvalue weighted by Gasteiger charge is 2.50. The minimum atomic E-state index is -0.226. The van der Waals surface area contributed by atoms with Crippen molar-refractivity contribution >= 4 is 17.3 Å². The van der Waals surface area contributed by atoms with Crippen molar-refractivity contribution in [1.82, 2.24) is 4.98 Å². The van der Waals surface area contributed by atoms with E-state index >= 15 is 0 Å². The Labute approximate surface area is 105 Å². The molecule has 1 spiro atoms. The standard InChI is InChI=1S/C13H17NO2S/c1-9-14-11(8-17-9)10-7-12(15)16-13(10)5-3-2-4-6-13/h8,10H,2-7H2,1H3/t10-/m0/s1. The molecular formula is C13H17NO2S. The topological polar surface area (TPSA) is 39.2 Å². The first-order valence-corrected chi connectivity index (χ1v) is 7.21. The first-order valence-electron chi connectivity index (χ1n) is 6.33. The van der Waals surface area contributed by atoms with Gasteiger partial charge in [0.05, 0.1) is 23.0 Å². The van der Waals surface area contributed by atoms with E-state index in [0.717, 1.165) is 23.5 Å². The van der Waals surface area contributed by atoms with E-state index in [1.807, 2.05) is 6.92 Å². The smallest absolute Gasteiger partial charge is 0.307 e. The monoisotopic (exact) mass is 251 g/mol. The van der Waals surface area contributed by atoms with Crippen LogP contribution in [0.15, 0.2) is 5.38 Å². The molecule has 92 valence electrons. The van der Waals surface area contributed by atoms with Gasteiger partial charge in [0, 0.05) is 5.38 Å². The summed E-state index contributed by atoms with van der Waals surface area (Å²) in [5.41, 5.74) is 0.843. The highest BCUT2D eigenvalue weighted by molar-refractivity contribution is 7.09. The number of rotatable bonds is 1. The van der Waals surface area contributed by atoms with Crippen LogP contribution in [-0.4, -0.2) is 16.6 Å². The summed E-state index contributed by atoms with van der Waals surface area (Å²) in [6, 6.07) is 0. The van der Waals surface area contributed by atoms with Crippen molar-refractivity contribution in [3.05, 3.63) is 16.1 Å².